The largest absolute Gasteiger partial charge is 0.497 e. The highest BCUT2D eigenvalue weighted by Crippen LogP contribution is 2.34. The fraction of sp³-hybridized carbons (Fsp3) is 0.294. The summed E-state index contributed by atoms with van der Waals surface area (Å²) in [4.78, 5) is 2.12. The van der Waals surface area contributed by atoms with E-state index >= 15 is 0 Å². The predicted molar refractivity (Wildman–Crippen MR) is 95.6 cm³/mol. The van der Waals surface area contributed by atoms with Crippen LogP contribution in [-0.2, 0) is 10.0 Å². The Balaban J connectivity index is 1.94. The third-order valence-corrected chi connectivity index (χ3v) is 5.32. The Morgan fingerprint density at radius 2 is 1.76 bits per heavy atom. The highest BCUT2D eigenvalue weighted by Gasteiger charge is 2.21. The summed E-state index contributed by atoms with van der Waals surface area (Å²) in [6.45, 7) is 1.29. The maximum Gasteiger partial charge on any atom is 0.261 e. The normalized spacial score (nSPS) is 13.6. The lowest BCUT2D eigenvalue weighted by Gasteiger charge is -2.28. The van der Waals surface area contributed by atoms with Crippen molar-refractivity contribution in [1.29, 1.82) is 0 Å². The lowest BCUT2D eigenvalue weighted by atomic mass is 10.2. The molecule has 134 valence electrons. The lowest BCUT2D eigenvalue weighted by molar-refractivity contribution is 0.311. The number of nitrogens with one attached hydrogen (secondary N) is 1. The second-order valence-electron chi connectivity index (χ2n) is 5.61. The molecule has 0 amide bonds. The monoisotopic (exact) mass is 364 g/mol. The number of fused-ring (bicyclic) bond motifs is 1. The molecule has 0 aliphatic carbocycles. The van der Waals surface area contributed by atoms with E-state index in [1.165, 1.54) is 20.3 Å². The minimum absolute atomic E-state index is 0.158. The molecule has 0 saturated heterocycles. The van der Waals surface area contributed by atoms with Crippen LogP contribution in [-0.4, -0.2) is 42.8 Å². The van der Waals surface area contributed by atoms with Gasteiger partial charge in [0.2, 0.25) is 0 Å². The molecule has 0 atom stereocenters. The van der Waals surface area contributed by atoms with Crippen LogP contribution in [0.3, 0.4) is 0 Å². The Kier molecular flexibility index (Phi) is 4.63. The van der Waals surface area contributed by atoms with Crippen molar-refractivity contribution in [2.45, 2.75) is 4.90 Å². The number of benzene rings is 2. The Bertz CT molecular complexity index is 860. The molecule has 7 nitrogen and oxygen atoms in total. The molecule has 3 rings (SSSR count). The zero-order valence-electron chi connectivity index (χ0n) is 14.3. The Labute approximate surface area is 147 Å². The molecule has 0 unspecified atom stereocenters. The van der Waals surface area contributed by atoms with Gasteiger partial charge in [0.05, 0.1) is 37.0 Å². The molecule has 0 saturated carbocycles. The summed E-state index contributed by atoms with van der Waals surface area (Å²) < 4.78 is 43.9. The number of rotatable bonds is 5. The first-order valence-corrected chi connectivity index (χ1v) is 9.15. The molecule has 1 N–H and O–H groups in total. The molecule has 1 aliphatic rings. The number of likely N-dealkylation sites (N-methyl/N-ethyl adjacent to an activating group) is 1. The Morgan fingerprint density at radius 3 is 2.40 bits per heavy atom. The fourth-order valence-electron chi connectivity index (χ4n) is 2.58. The summed E-state index contributed by atoms with van der Waals surface area (Å²) in [5.41, 5.74) is 1.11. The van der Waals surface area contributed by atoms with E-state index in [1.54, 1.807) is 30.3 Å². The van der Waals surface area contributed by atoms with Crippen molar-refractivity contribution in [3.05, 3.63) is 36.4 Å². The SMILES string of the molecule is COc1cc(NS(=O)(=O)c2ccc3c(c2)N(C)CCO3)cc(OC)c1. The number of methoxy groups -OCH3 is 2. The van der Waals surface area contributed by atoms with E-state index < -0.39 is 10.0 Å². The van der Waals surface area contributed by atoms with Gasteiger partial charge in [-0.05, 0) is 18.2 Å². The average Bonchev–Trinajstić information content (AvgIpc) is 2.61. The molecule has 0 aromatic heterocycles. The quantitative estimate of drug-likeness (QED) is 0.877. The number of nitrogens with zero attached hydrogens (tertiary/aromatic N) is 1. The summed E-state index contributed by atoms with van der Waals surface area (Å²) in [7, 11) is 1.15. The first-order valence-electron chi connectivity index (χ1n) is 7.67. The van der Waals surface area contributed by atoms with E-state index in [-0.39, 0.29) is 4.90 Å². The summed E-state index contributed by atoms with van der Waals surface area (Å²) in [5.74, 6) is 1.67. The van der Waals surface area contributed by atoms with Crippen LogP contribution < -0.4 is 23.8 Å². The zero-order chi connectivity index (χ0) is 18.0. The van der Waals surface area contributed by atoms with Gasteiger partial charge in [0.25, 0.3) is 10.0 Å². The van der Waals surface area contributed by atoms with Crippen molar-refractivity contribution in [2.24, 2.45) is 0 Å². The molecule has 0 radical (unpaired) electrons. The molecule has 1 aliphatic heterocycles. The average molecular weight is 364 g/mol. The highest BCUT2D eigenvalue weighted by atomic mass is 32.2. The standard InChI is InChI=1S/C17H20N2O5S/c1-19-6-7-24-17-5-4-15(11-16(17)19)25(20,21)18-12-8-13(22-2)10-14(9-12)23-3/h4-5,8-11,18H,6-7H2,1-3H3. The third kappa shape index (κ3) is 3.58. The fourth-order valence-corrected chi connectivity index (χ4v) is 3.64. The molecular formula is C17H20N2O5S. The van der Waals surface area contributed by atoms with Gasteiger partial charge in [-0.25, -0.2) is 8.42 Å². The van der Waals surface area contributed by atoms with Crippen LogP contribution in [0.15, 0.2) is 41.3 Å². The molecule has 0 fully saturated rings. The van der Waals surface area contributed by atoms with Gasteiger partial charge in [-0.1, -0.05) is 0 Å². The van der Waals surface area contributed by atoms with Gasteiger partial charge in [0.1, 0.15) is 23.9 Å². The summed E-state index contributed by atoms with van der Waals surface area (Å²) >= 11 is 0. The Hall–Kier alpha value is -2.61. The number of anilines is 2. The molecule has 0 bridgehead atoms. The van der Waals surface area contributed by atoms with Crippen molar-refractivity contribution in [1.82, 2.24) is 0 Å². The van der Waals surface area contributed by atoms with Gasteiger partial charge in [0, 0.05) is 25.2 Å². The number of hydrogen-bond acceptors (Lipinski definition) is 6. The molecule has 2 aromatic rings. The Morgan fingerprint density at radius 1 is 1.08 bits per heavy atom. The highest BCUT2D eigenvalue weighted by molar-refractivity contribution is 7.92. The van der Waals surface area contributed by atoms with E-state index in [9.17, 15) is 8.42 Å². The lowest BCUT2D eigenvalue weighted by Crippen LogP contribution is -2.29. The first-order chi connectivity index (χ1) is 11.9. The van der Waals surface area contributed by atoms with Gasteiger partial charge >= 0.3 is 0 Å². The molecule has 2 aromatic carbocycles. The van der Waals surface area contributed by atoms with Crippen LogP contribution in [0.25, 0.3) is 0 Å². The van der Waals surface area contributed by atoms with Crippen LogP contribution in [0.2, 0.25) is 0 Å². The van der Waals surface area contributed by atoms with Gasteiger partial charge in [-0.3, -0.25) is 4.72 Å². The first kappa shape index (κ1) is 17.2. The number of ether oxygens (including phenoxy) is 3. The summed E-state index contributed by atoms with van der Waals surface area (Å²) in [6, 6.07) is 9.65. The van der Waals surface area contributed by atoms with E-state index in [4.69, 9.17) is 14.2 Å². The molecule has 25 heavy (non-hydrogen) atoms. The third-order valence-electron chi connectivity index (χ3n) is 3.94. The predicted octanol–water partition coefficient (Wildman–Crippen LogP) is 2.33. The van der Waals surface area contributed by atoms with Crippen LogP contribution >= 0.6 is 0 Å². The van der Waals surface area contributed by atoms with Crippen LogP contribution in [0.5, 0.6) is 17.2 Å². The van der Waals surface area contributed by atoms with Crippen molar-refractivity contribution in [3.63, 3.8) is 0 Å². The molecule has 1 heterocycles. The van der Waals surface area contributed by atoms with Crippen LogP contribution in [0, 0.1) is 0 Å². The summed E-state index contributed by atoms with van der Waals surface area (Å²) in [6.07, 6.45) is 0. The topological polar surface area (TPSA) is 77.1 Å². The van der Waals surface area contributed by atoms with E-state index in [0.717, 1.165) is 5.69 Å². The van der Waals surface area contributed by atoms with E-state index in [0.29, 0.717) is 36.1 Å². The molecule has 8 heteroatoms. The maximum atomic E-state index is 12.7. The minimum atomic E-state index is -3.76. The van der Waals surface area contributed by atoms with Crippen molar-refractivity contribution in [3.8, 4) is 17.2 Å². The molecule has 0 spiro atoms. The van der Waals surface area contributed by atoms with Gasteiger partial charge < -0.3 is 19.1 Å². The van der Waals surface area contributed by atoms with Gasteiger partial charge in [0.15, 0.2) is 0 Å². The number of hydrogen-bond donors (Lipinski definition) is 1. The van der Waals surface area contributed by atoms with Crippen LogP contribution in [0.1, 0.15) is 0 Å². The van der Waals surface area contributed by atoms with Crippen LogP contribution in [0.4, 0.5) is 11.4 Å². The second kappa shape index (κ2) is 6.72. The van der Waals surface area contributed by atoms with Crippen molar-refractivity contribution >= 4 is 21.4 Å². The van der Waals surface area contributed by atoms with E-state index in [1.807, 2.05) is 11.9 Å². The summed E-state index contributed by atoms with van der Waals surface area (Å²) in [5, 5.41) is 0. The van der Waals surface area contributed by atoms with Gasteiger partial charge in [-0.2, -0.15) is 0 Å². The van der Waals surface area contributed by atoms with E-state index in [2.05, 4.69) is 4.72 Å². The maximum absolute atomic E-state index is 12.7. The second-order valence-corrected chi connectivity index (χ2v) is 7.29. The van der Waals surface area contributed by atoms with Crippen molar-refractivity contribution in [2.75, 3.05) is 44.0 Å². The zero-order valence-corrected chi connectivity index (χ0v) is 15.1. The number of sulfonamides is 1. The molecular weight excluding hydrogens is 344 g/mol. The van der Waals surface area contributed by atoms with Crippen molar-refractivity contribution < 1.29 is 22.6 Å². The van der Waals surface area contributed by atoms with Gasteiger partial charge in [-0.15, -0.1) is 0 Å². The smallest absolute Gasteiger partial charge is 0.261 e. The minimum Gasteiger partial charge on any atom is -0.497 e.